The minimum Gasteiger partial charge on any atom is -0.444 e. The lowest BCUT2D eigenvalue weighted by atomic mass is 10.1. The first-order chi connectivity index (χ1) is 12.2. The minimum absolute atomic E-state index is 0.0324. The number of aryl methyl sites for hydroxylation is 1. The molecule has 0 aliphatic carbocycles. The first kappa shape index (κ1) is 19.4. The number of furan rings is 1. The van der Waals surface area contributed by atoms with Crippen LogP contribution in [0.4, 0.5) is 5.88 Å². The third kappa shape index (κ3) is 4.37. The standard InChI is InChI=1S/C18H17ClN2O5/c1-9(22)15-10(2)26-18(16(15)17(20)25)21-14(24)8-7-13(23)11-3-5-12(19)6-4-11/h3-6H,7-8H2,1-2H3,(H2,20,25)(H,21,24). The monoisotopic (exact) mass is 376 g/mol. The van der Waals surface area contributed by atoms with Gasteiger partial charge in [-0.3, -0.25) is 24.5 Å². The highest BCUT2D eigenvalue weighted by atomic mass is 35.5. The summed E-state index contributed by atoms with van der Waals surface area (Å²) >= 11 is 5.76. The van der Waals surface area contributed by atoms with Crippen molar-refractivity contribution in [2.75, 3.05) is 5.32 Å². The Morgan fingerprint density at radius 2 is 1.69 bits per heavy atom. The molecular weight excluding hydrogens is 360 g/mol. The van der Waals surface area contributed by atoms with Gasteiger partial charge in [0.1, 0.15) is 11.3 Å². The number of hydrogen-bond donors (Lipinski definition) is 2. The van der Waals surface area contributed by atoms with Crippen LogP contribution in [0.1, 0.15) is 56.6 Å². The number of ketones is 2. The Bertz CT molecular complexity index is 884. The van der Waals surface area contributed by atoms with Crippen molar-refractivity contribution in [1.29, 1.82) is 0 Å². The van der Waals surface area contributed by atoms with Gasteiger partial charge < -0.3 is 10.2 Å². The van der Waals surface area contributed by atoms with Gasteiger partial charge in [-0.2, -0.15) is 0 Å². The Kier molecular flexibility index (Phi) is 5.94. The van der Waals surface area contributed by atoms with E-state index < -0.39 is 17.6 Å². The third-order valence-corrected chi connectivity index (χ3v) is 3.93. The molecule has 0 radical (unpaired) electrons. The van der Waals surface area contributed by atoms with Crippen LogP contribution in [-0.4, -0.2) is 23.4 Å². The Hall–Kier alpha value is -2.93. The average molecular weight is 377 g/mol. The Morgan fingerprint density at radius 3 is 2.23 bits per heavy atom. The number of halogens is 1. The largest absolute Gasteiger partial charge is 0.444 e. The fraction of sp³-hybridized carbons (Fsp3) is 0.222. The van der Waals surface area contributed by atoms with Crippen LogP contribution in [0.25, 0.3) is 0 Å². The maximum atomic E-state index is 12.1. The second kappa shape index (κ2) is 7.97. The van der Waals surface area contributed by atoms with E-state index in [1.807, 2.05) is 0 Å². The normalized spacial score (nSPS) is 10.4. The molecule has 2 amide bonds. The molecule has 0 bridgehead atoms. The topological polar surface area (TPSA) is 119 Å². The Labute approximate surface area is 154 Å². The number of carbonyl (C=O) groups excluding carboxylic acids is 4. The van der Waals surface area contributed by atoms with Crippen LogP contribution >= 0.6 is 11.6 Å². The van der Waals surface area contributed by atoms with Crippen LogP contribution in [0, 0.1) is 6.92 Å². The van der Waals surface area contributed by atoms with Crippen molar-refractivity contribution in [3.8, 4) is 0 Å². The second-order valence-corrected chi connectivity index (χ2v) is 6.07. The summed E-state index contributed by atoms with van der Waals surface area (Å²) in [7, 11) is 0. The van der Waals surface area contributed by atoms with E-state index >= 15 is 0 Å². The number of benzene rings is 1. The van der Waals surface area contributed by atoms with Crippen molar-refractivity contribution in [3.63, 3.8) is 0 Å². The molecule has 0 atom stereocenters. The number of nitrogens with two attached hydrogens (primary N) is 1. The molecule has 1 aromatic carbocycles. The summed E-state index contributed by atoms with van der Waals surface area (Å²) in [6, 6.07) is 6.32. The van der Waals surface area contributed by atoms with E-state index in [9.17, 15) is 19.2 Å². The van der Waals surface area contributed by atoms with Gasteiger partial charge in [0.15, 0.2) is 11.6 Å². The van der Waals surface area contributed by atoms with E-state index in [-0.39, 0.29) is 41.4 Å². The second-order valence-electron chi connectivity index (χ2n) is 5.64. The number of anilines is 1. The predicted octanol–water partition coefficient (Wildman–Crippen LogP) is 3.14. The quantitative estimate of drug-likeness (QED) is 0.719. The maximum absolute atomic E-state index is 12.1. The molecule has 8 heteroatoms. The Morgan fingerprint density at radius 1 is 1.08 bits per heavy atom. The first-order valence-corrected chi connectivity index (χ1v) is 8.11. The van der Waals surface area contributed by atoms with Gasteiger partial charge in [0.05, 0.1) is 5.56 Å². The van der Waals surface area contributed by atoms with Gasteiger partial charge in [-0.05, 0) is 38.1 Å². The lowest BCUT2D eigenvalue weighted by molar-refractivity contribution is -0.116. The number of amides is 2. The minimum atomic E-state index is -0.889. The molecule has 26 heavy (non-hydrogen) atoms. The highest BCUT2D eigenvalue weighted by Crippen LogP contribution is 2.27. The third-order valence-electron chi connectivity index (χ3n) is 3.68. The maximum Gasteiger partial charge on any atom is 0.255 e. The average Bonchev–Trinajstić information content (AvgIpc) is 2.89. The number of nitrogens with one attached hydrogen (secondary N) is 1. The van der Waals surface area contributed by atoms with Gasteiger partial charge in [-0.1, -0.05) is 11.6 Å². The van der Waals surface area contributed by atoms with Crippen LogP contribution in [-0.2, 0) is 4.79 Å². The summed E-state index contributed by atoms with van der Waals surface area (Å²) in [6.07, 6.45) is -0.173. The van der Waals surface area contributed by atoms with E-state index in [2.05, 4.69) is 5.32 Å². The van der Waals surface area contributed by atoms with E-state index in [4.69, 9.17) is 21.8 Å². The van der Waals surface area contributed by atoms with Crippen molar-refractivity contribution in [2.24, 2.45) is 5.73 Å². The molecule has 2 aromatic rings. The van der Waals surface area contributed by atoms with Crippen molar-refractivity contribution in [3.05, 3.63) is 51.7 Å². The molecular formula is C18H17ClN2O5. The molecule has 0 aliphatic heterocycles. The number of carbonyl (C=O) groups is 4. The zero-order valence-electron chi connectivity index (χ0n) is 14.2. The summed E-state index contributed by atoms with van der Waals surface area (Å²) in [5.74, 6) is -2.08. The number of rotatable bonds is 7. The Balaban J connectivity index is 2.07. The molecule has 1 aromatic heterocycles. The lowest BCUT2D eigenvalue weighted by Crippen LogP contribution is -2.19. The summed E-state index contributed by atoms with van der Waals surface area (Å²) in [6.45, 7) is 2.75. The fourth-order valence-corrected chi connectivity index (χ4v) is 2.61. The molecule has 7 nitrogen and oxygen atoms in total. The fourth-order valence-electron chi connectivity index (χ4n) is 2.49. The van der Waals surface area contributed by atoms with Gasteiger partial charge >= 0.3 is 0 Å². The van der Waals surface area contributed by atoms with Gasteiger partial charge in [-0.15, -0.1) is 0 Å². The SMILES string of the molecule is CC(=O)c1c(C)oc(NC(=O)CCC(=O)c2ccc(Cl)cc2)c1C(N)=O. The smallest absolute Gasteiger partial charge is 0.255 e. The van der Waals surface area contributed by atoms with Crippen LogP contribution < -0.4 is 11.1 Å². The summed E-state index contributed by atoms with van der Waals surface area (Å²) in [5, 5.41) is 2.90. The van der Waals surface area contributed by atoms with Crippen LogP contribution in [0.2, 0.25) is 5.02 Å². The molecule has 3 N–H and O–H groups in total. The van der Waals surface area contributed by atoms with Crippen LogP contribution in [0.5, 0.6) is 0 Å². The van der Waals surface area contributed by atoms with E-state index in [0.29, 0.717) is 10.6 Å². The van der Waals surface area contributed by atoms with Gasteiger partial charge in [0.25, 0.3) is 5.91 Å². The van der Waals surface area contributed by atoms with Crippen LogP contribution in [0.15, 0.2) is 28.7 Å². The van der Waals surface area contributed by atoms with E-state index in [1.165, 1.54) is 13.8 Å². The summed E-state index contributed by atoms with van der Waals surface area (Å²) in [4.78, 5) is 47.4. The molecule has 136 valence electrons. The zero-order valence-corrected chi connectivity index (χ0v) is 15.0. The molecule has 0 saturated carbocycles. The van der Waals surface area contributed by atoms with Gasteiger partial charge in [0, 0.05) is 23.4 Å². The number of hydrogen-bond acceptors (Lipinski definition) is 5. The first-order valence-electron chi connectivity index (χ1n) is 7.73. The van der Waals surface area contributed by atoms with Crippen molar-refractivity contribution in [2.45, 2.75) is 26.7 Å². The van der Waals surface area contributed by atoms with Crippen molar-refractivity contribution in [1.82, 2.24) is 0 Å². The van der Waals surface area contributed by atoms with E-state index in [1.54, 1.807) is 24.3 Å². The molecule has 0 spiro atoms. The highest BCUT2D eigenvalue weighted by molar-refractivity contribution is 6.30. The molecule has 0 unspecified atom stereocenters. The summed E-state index contributed by atoms with van der Waals surface area (Å²) < 4.78 is 5.29. The van der Waals surface area contributed by atoms with Crippen molar-refractivity contribution >= 4 is 40.9 Å². The lowest BCUT2D eigenvalue weighted by Gasteiger charge is -2.04. The molecule has 2 rings (SSSR count). The van der Waals surface area contributed by atoms with Gasteiger partial charge in [-0.25, -0.2) is 0 Å². The van der Waals surface area contributed by atoms with Crippen LogP contribution in [0.3, 0.4) is 0 Å². The van der Waals surface area contributed by atoms with Crippen molar-refractivity contribution < 1.29 is 23.6 Å². The van der Waals surface area contributed by atoms with E-state index in [0.717, 1.165) is 0 Å². The van der Waals surface area contributed by atoms with Gasteiger partial charge in [0.2, 0.25) is 11.8 Å². The predicted molar refractivity (Wildman–Crippen MR) is 95.6 cm³/mol. The zero-order chi connectivity index (χ0) is 19.4. The molecule has 0 aliphatic rings. The summed E-state index contributed by atoms with van der Waals surface area (Å²) in [5.41, 5.74) is 5.58. The number of Topliss-reactive ketones (excluding diaryl/α,β-unsaturated/α-hetero) is 2. The molecule has 1 heterocycles. The highest BCUT2D eigenvalue weighted by Gasteiger charge is 2.26. The number of primary amides is 1. The molecule has 0 fully saturated rings. The molecule has 0 saturated heterocycles.